The van der Waals surface area contributed by atoms with E-state index in [1.165, 1.54) is 0 Å². The van der Waals surface area contributed by atoms with E-state index in [0.29, 0.717) is 12.2 Å². The van der Waals surface area contributed by atoms with Crippen LogP contribution in [0.1, 0.15) is 22.3 Å². The smallest absolute Gasteiger partial charge is 0.253 e. The second-order valence-corrected chi connectivity index (χ2v) is 6.96. The Morgan fingerprint density at radius 3 is 2.45 bits per heavy atom. The lowest BCUT2D eigenvalue weighted by atomic mass is 10.1. The fraction of sp³-hybridized carbons (Fsp3) is 0.391. The highest BCUT2D eigenvalue weighted by Crippen LogP contribution is 2.18. The Morgan fingerprint density at radius 2 is 1.74 bits per heavy atom. The van der Waals surface area contributed by atoms with Crippen molar-refractivity contribution in [3.63, 3.8) is 0 Å². The third-order valence-electron chi connectivity index (χ3n) is 4.43. The van der Waals surface area contributed by atoms with E-state index >= 15 is 0 Å². The molecule has 0 saturated carbocycles. The minimum atomic E-state index is 0. The molecule has 2 aromatic rings. The van der Waals surface area contributed by atoms with E-state index in [2.05, 4.69) is 15.6 Å². The normalized spacial score (nSPS) is 10.6. The summed E-state index contributed by atoms with van der Waals surface area (Å²) in [6.07, 6.45) is 1.64. The molecule has 0 aliphatic rings. The Kier molecular flexibility index (Phi) is 12.4. The molecule has 8 heteroatoms. The summed E-state index contributed by atoms with van der Waals surface area (Å²) in [5.74, 6) is 2.34. The van der Waals surface area contributed by atoms with Gasteiger partial charge >= 0.3 is 0 Å². The van der Waals surface area contributed by atoms with Gasteiger partial charge in [0.25, 0.3) is 5.91 Å². The van der Waals surface area contributed by atoms with Crippen LogP contribution in [-0.2, 0) is 6.42 Å². The van der Waals surface area contributed by atoms with Crippen molar-refractivity contribution in [1.82, 2.24) is 15.5 Å². The molecule has 0 aliphatic carbocycles. The Morgan fingerprint density at radius 1 is 1.03 bits per heavy atom. The number of hydrogen-bond acceptors (Lipinski definition) is 4. The van der Waals surface area contributed by atoms with Crippen LogP contribution in [0.15, 0.2) is 53.5 Å². The van der Waals surface area contributed by atoms with E-state index in [1.54, 1.807) is 33.2 Å². The first-order chi connectivity index (χ1) is 14.5. The lowest BCUT2D eigenvalue weighted by Crippen LogP contribution is -2.39. The molecule has 2 N–H and O–H groups in total. The Labute approximate surface area is 202 Å². The molecular weight excluding hydrogens is 507 g/mol. The van der Waals surface area contributed by atoms with Gasteiger partial charge < -0.3 is 25.0 Å². The topological polar surface area (TPSA) is 75.2 Å². The van der Waals surface area contributed by atoms with Crippen LogP contribution in [-0.4, -0.2) is 64.7 Å². The Bertz CT molecular complexity index is 843. The van der Waals surface area contributed by atoms with Crippen molar-refractivity contribution in [1.29, 1.82) is 0 Å². The first-order valence-corrected chi connectivity index (χ1v) is 10.1. The zero-order valence-electron chi connectivity index (χ0n) is 18.7. The van der Waals surface area contributed by atoms with Gasteiger partial charge in [0.15, 0.2) is 5.96 Å². The van der Waals surface area contributed by atoms with E-state index in [9.17, 15) is 4.79 Å². The van der Waals surface area contributed by atoms with Gasteiger partial charge in [-0.1, -0.05) is 18.2 Å². The maximum Gasteiger partial charge on any atom is 0.253 e. The lowest BCUT2D eigenvalue weighted by Gasteiger charge is -2.13. The van der Waals surface area contributed by atoms with E-state index < -0.39 is 0 Å². The molecule has 0 unspecified atom stereocenters. The van der Waals surface area contributed by atoms with Gasteiger partial charge in [0.1, 0.15) is 11.5 Å². The van der Waals surface area contributed by atoms with Crippen LogP contribution in [0, 0.1) is 0 Å². The quantitative estimate of drug-likeness (QED) is 0.210. The van der Waals surface area contributed by atoms with Crippen LogP contribution in [0.2, 0.25) is 0 Å². The Balaban J connectivity index is 0.00000480. The Hall–Kier alpha value is -2.49. The van der Waals surface area contributed by atoms with E-state index in [4.69, 9.17) is 9.47 Å². The SMILES string of the molecule is CN=C(NCCCOc1cccc(OC)c1)NCCc1cccc(C(=O)N(C)C)c1.I. The van der Waals surface area contributed by atoms with Crippen molar-refractivity contribution in [2.45, 2.75) is 12.8 Å². The highest BCUT2D eigenvalue weighted by atomic mass is 127. The van der Waals surface area contributed by atoms with E-state index in [-0.39, 0.29) is 29.9 Å². The van der Waals surface area contributed by atoms with Gasteiger partial charge in [0.05, 0.1) is 13.7 Å². The fourth-order valence-electron chi connectivity index (χ4n) is 2.82. The van der Waals surface area contributed by atoms with Crippen molar-refractivity contribution < 1.29 is 14.3 Å². The van der Waals surface area contributed by atoms with Crippen molar-refractivity contribution in [2.24, 2.45) is 4.99 Å². The molecule has 0 heterocycles. The third kappa shape index (κ3) is 9.46. The summed E-state index contributed by atoms with van der Waals surface area (Å²) in [5, 5.41) is 6.58. The molecule has 170 valence electrons. The molecule has 0 spiro atoms. The van der Waals surface area contributed by atoms with Crippen molar-refractivity contribution in [3.05, 3.63) is 59.7 Å². The number of rotatable bonds is 10. The number of ether oxygens (including phenoxy) is 2. The van der Waals surface area contributed by atoms with Crippen LogP contribution in [0.25, 0.3) is 0 Å². The summed E-state index contributed by atoms with van der Waals surface area (Å²) in [6.45, 7) is 2.07. The summed E-state index contributed by atoms with van der Waals surface area (Å²) in [6, 6.07) is 15.3. The predicted octanol–water partition coefficient (Wildman–Crippen LogP) is 3.19. The van der Waals surface area contributed by atoms with Gasteiger partial charge in [-0.3, -0.25) is 9.79 Å². The number of hydrogen-bond donors (Lipinski definition) is 2. The number of halogens is 1. The second-order valence-electron chi connectivity index (χ2n) is 6.96. The average Bonchev–Trinajstić information content (AvgIpc) is 2.77. The molecule has 0 saturated heterocycles. The minimum absolute atomic E-state index is 0. The first kappa shape index (κ1) is 26.5. The molecule has 2 aromatic carbocycles. The summed E-state index contributed by atoms with van der Waals surface area (Å²) in [7, 11) is 6.90. The van der Waals surface area contributed by atoms with Gasteiger partial charge in [-0.05, 0) is 42.7 Å². The van der Waals surface area contributed by atoms with Gasteiger partial charge in [-0.2, -0.15) is 0 Å². The van der Waals surface area contributed by atoms with E-state index in [0.717, 1.165) is 49.0 Å². The highest BCUT2D eigenvalue weighted by molar-refractivity contribution is 14.0. The molecule has 0 aromatic heterocycles. The summed E-state index contributed by atoms with van der Waals surface area (Å²) >= 11 is 0. The van der Waals surface area contributed by atoms with Crippen molar-refractivity contribution in [2.75, 3.05) is 47.9 Å². The molecule has 0 aliphatic heterocycles. The molecule has 0 bridgehead atoms. The van der Waals surface area contributed by atoms with Crippen LogP contribution in [0.5, 0.6) is 11.5 Å². The molecule has 0 radical (unpaired) electrons. The molecule has 2 rings (SSSR count). The number of carbonyl (C=O) groups excluding carboxylic acids is 1. The molecular formula is C23H33IN4O3. The standard InChI is InChI=1S/C23H32N4O3.HI/c1-24-23(25-13-7-15-30-21-11-6-10-20(17-21)29-4)26-14-12-18-8-5-9-19(16-18)22(28)27(2)3;/h5-6,8-11,16-17H,7,12-15H2,1-4H3,(H2,24,25,26);1H. The van der Waals surface area contributed by atoms with Crippen LogP contribution < -0.4 is 20.1 Å². The number of nitrogens with one attached hydrogen (secondary N) is 2. The van der Waals surface area contributed by atoms with Gasteiger partial charge in [-0.25, -0.2) is 0 Å². The molecule has 0 atom stereocenters. The van der Waals surface area contributed by atoms with Crippen molar-refractivity contribution >= 4 is 35.8 Å². The molecule has 7 nitrogen and oxygen atoms in total. The second kappa shape index (κ2) is 14.5. The number of amides is 1. The highest BCUT2D eigenvalue weighted by Gasteiger charge is 2.08. The van der Waals surface area contributed by atoms with Gasteiger partial charge in [0, 0.05) is 45.9 Å². The molecule has 1 amide bonds. The largest absolute Gasteiger partial charge is 0.497 e. The number of methoxy groups -OCH3 is 1. The lowest BCUT2D eigenvalue weighted by molar-refractivity contribution is 0.0827. The molecule has 0 fully saturated rings. The number of aliphatic imine (C=N–C) groups is 1. The minimum Gasteiger partial charge on any atom is -0.497 e. The van der Waals surface area contributed by atoms with Gasteiger partial charge in [-0.15, -0.1) is 24.0 Å². The van der Waals surface area contributed by atoms with Gasteiger partial charge in [0.2, 0.25) is 0 Å². The monoisotopic (exact) mass is 540 g/mol. The number of benzene rings is 2. The summed E-state index contributed by atoms with van der Waals surface area (Å²) in [4.78, 5) is 17.9. The zero-order valence-corrected chi connectivity index (χ0v) is 21.0. The maximum atomic E-state index is 12.1. The summed E-state index contributed by atoms with van der Waals surface area (Å²) in [5.41, 5.74) is 1.81. The van der Waals surface area contributed by atoms with Crippen LogP contribution >= 0.6 is 24.0 Å². The number of guanidine groups is 1. The van der Waals surface area contributed by atoms with Crippen LogP contribution in [0.3, 0.4) is 0 Å². The zero-order chi connectivity index (χ0) is 21.8. The predicted molar refractivity (Wildman–Crippen MR) is 136 cm³/mol. The fourth-order valence-corrected chi connectivity index (χ4v) is 2.82. The van der Waals surface area contributed by atoms with E-state index in [1.807, 2.05) is 48.5 Å². The number of carbonyl (C=O) groups is 1. The first-order valence-electron chi connectivity index (χ1n) is 10.1. The molecule has 31 heavy (non-hydrogen) atoms. The van der Waals surface area contributed by atoms with Crippen LogP contribution in [0.4, 0.5) is 0 Å². The summed E-state index contributed by atoms with van der Waals surface area (Å²) < 4.78 is 10.9. The maximum absolute atomic E-state index is 12.1. The average molecular weight is 540 g/mol. The third-order valence-corrected chi connectivity index (χ3v) is 4.43. The number of nitrogens with zero attached hydrogens (tertiary/aromatic N) is 2. The van der Waals surface area contributed by atoms with Crippen molar-refractivity contribution in [3.8, 4) is 11.5 Å².